The number of anilines is 1. The second-order valence-electron chi connectivity index (χ2n) is 4.65. The van der Waals surface area contributed by atoms with Crippen molar-refractivity contribution in [2.75, 3.05) is 45.6 Å². The van der Waals surface area contributed by atoms with Gasteiger partial charge < -0.3 is 20.3 Å². The van der Waals surface area contributed by atoms with Crippen molar-refractivity contribution in [1.29, 1.82) is 0 Å². The quantitative estimate of drug-likeness (QED) is 0.828. The van der Waals surface area contributed by atoms with Crippen LogP contribution in [-0.2, 0) is 0 Å². The van der Waals surface area contributed by atoms with Gasteiger partial charge in [-0.25, -0.2) is 0 Å². The first-order valence-electron chi connectivity index (χ1n) is 6.61. The van der Waals surface area contributed by atoms with Gasteiger partial charge in [-0.05, 0) is 18.7 Å². The summed E-state index contributed by atoms with van der Waals surface area (Å²) in [6.45, 7) is 6.52. The van der Waals surface area contributed by atoms with Gasteiger partial charge in [-0.3, -0.25) is 4.79 Å². The summed E-state index contributed by atoms with van der Waals surface area (Å²) in [6, 6.07) is 5.29. The standard InChI is InChI=1S/C14H21N3O2/c1-3-16-7-9-17(10-8-16)14(18)11-5-4-6-12(15)13(11)19-2/h4-6H,3,7-10,15H2,1-2H3. The molecule has 0 saturated carbocycles. The number of methoxy groups -OCH3 is 1. The molecular formula is C14H21N3O2. The first kappa shape index (κ1) is 13.7. The number of nitrogens with two attached hydrogens (primary N) is 1. The molecule has 1 aliphatic heterocycles. The summed E-state index contributed by atoms with van der Waals surface area (Å²) in [5, 5.41) is 0. The molecule has 0 radical (unpaired) electrons. The second kappa shape index (κ2) is 5.93. The van der Waals surface area contributed by atoms with Crippen LogP contribution >= 0.6 is 0 Å². The van der Waals surface area contributed by atoms with Crippen LogP contribution in [0.1, 0.15) is 17.3 Å². The van der Waals surface area contributed by atoms with E-state index in [1.807, 2.05) is 4.90 Å². The van der Waals surface area contributed by atoms with Gasteiger partial charge in [0, 0.05) is 26.2 Å². The highest BCUT2D eigenvalue weighted by Crippen LogP contribution is 2.27. The van der Waals surface area contributed by atoms with Gasteiger partial charge in [-0.15, -0.1) is 0 Å². The Morgan fingerprint density at radius 1 is 1.32 bits per heavy atom. The molecule has 2 N–H and O–H groups in total. The van der Waals surface area contributed by atoms with Crippen LogP contribution < -0.4 is 10.5 Å². The molecule has 0 unspecified atom stereocenters. The van der Waals surface area contributed by atoms with Gasteiger partial charge in [0.05, 0.1) is 18.4 Å². The minimum Gasteiger partial charge on any atom is -0.494 e. The molecule has 0 bridgehead atoms. The number of hydrogen-bond donors (Lipinski definition) is 1. The summed E-state index contributed by atoms with van der Waals surface area (Å²) in [5.74, 6) is 0.477. The van der Waals surface area contributed by atoms with Crippen molar-refractivity contribution in [2.24, 2.45) is 0 Å². The third kappa shape index (κ3) is 2.81. The number of carbonyl (C=O) groups excluding carboxylic acids is 1. The number of benzene rings is 1. The van der Waals surface area contributed by atoms with Crippen LogP contribution in [0, 0.1) is 0 Å². The average molecular weight is 263 g/mol. The maximum Gasteiger partial charge on any atom is 0.257 e. The summed E-state index contributed by atoms with van der Waals surface area (Å²) in [6.07, 6.45) is 0. The molecule has 5 heteroatoms. The fourth-order valence-corrected chi connectivity index (χ4v) is 2.39. The largest absolute Gasteiger partial charge is 0.494 e. The van der Waals surface area contributed by atoms with E-state index in [1.165, 1.54) is 7.11 Å². The van der Waals surface area contributed by atoms with Gasteiger partial charge in [-0.2, -0.15) is 0 Å². The van der Waals surface area contributed by atoms with Crippen LogP contribution in [0.25, 0.3) is 0 Å². The average Bonchev–Trinajstić information content (AvgIpc) is 2.46. The van der Waals surface area contributed by atoms with Crippen molar-refractivity contribution < 1.29 is 9.53 Å². The highest BCUT2D eigenvalue weighted by atomic mass is 16.5. The van der Waals surface area contributed by atoms with Crippen molar-refractivity contribution in [3.63, 3.8) is 0 Å². The van der Waals surface area contributed by atoms with Crippen LogP contribution in [0.4, 0.5) is 5.69 Å². The zero-order valence-corrected chi connectivity index (χ0v) is 11.6. The van der Waals surface area contributed by atoms with Gasteiger partial charge in [0.25, 0.3) is 5.91 Å². The monoisotopic (exact) mass is 263 g/mol. The van der Waals surface area contributed by atoms with E-state index < -0.39 is 0 Å². The number of nitrogen functional groups attached to an aromatic ring is 1. The van der Waals surface area contributed by atoms with E-state index in [9.17, 15) is 4.79 Å². The lowest BCUT2D eigenvalue weighted by Crippen LogP contribution is -2.48. The Labute approximate surface area is 113 Å². The highest BCUT2D eigenvalue weighted by molar-refractivity contribution is 5.98. The summed E-state index contributed by atoms with van der Waals surface area (Å²) in [5.41, 5.74) is 6.89. The summed E-state index contributed by atoms with van der Waals surface area (Å²) < 4.78 is 5.25. The van der Waals surface area contributed by atoms with E-state index in [1.54, 1.807) is 18.2 Å². The molecule has 104 valence electrons. The fraction of sp³-hybridized carbons (Fsp3) is 0.500. The van der Waals surface area contributed by atoms with Crippen molar-refractivity contribution in [3.05, 3.63) is 23.8 Å². The minimum absolute atomic E-state index is 0.0000898. The fourth-order valence-electron chi connectivity index (χ4n) is 2.39. The molecule has 19 heavy (non-hydrogen) atoms. The van der Waals surface area contributed by atoms with Crippen molar-refractivity contribution >= 4 is 11.6 Å². The molecule has 1 aromatic rings. The lowest BCUT2D eigenvalue weighted by Gasteiger charge is -2.34. The molecule has 0 atom stereocenters. The second-order valence-corrected chi connectivity index (χ2v) is 4.65. The molecule has 2 rings (SSSR count). The Morgan fingerprint density at radius 2 is 2.00 bits per heavy atom. The third-order valence-electron chi connectivity index (χ3n) is 3.59. The number of hydrogen-bond acceptors (Lipinski definition) is 4. The Hall–Kier alpha value is -1.75. The van der Waals surface area contributed by atoms with Gasteiger partial charge in [-0.1, -0.05) is 13.0 Å². The highest BCUT2D eigenvalue weighted by Gasteiger charge is 2.24. The SMILES string of the molecule is CCN1CCN(C(=O)c2cccc(N)c2OC)CC1. The van der Waals surface area contributed by atoms with Gasteiger partial charge in [0.15, 0.2) is 5.75 Å². The summed E-state index contributed by atoms with van der Waals surface area (Å²) in [4.78, 5) is 16.7. The van der Waals surface area contributed by atoms with E-state index in [0.717, 1.165) is 32.7 Å². The summed E-state index contributed by atoms with van der Waals surface area (Å²) >= 11 is 0. The predicted octanol–water partition coefficient (Wildman–Crippen LogP) is 1.06. The first-order chi connectivity index (χ1) is 9.17. The molecule has 0 aromatic heterocycles. The normalized spacial score (nSPS) is 16.4. The van der Waals surface area contributed by atoms with E-state index in [-0.39, 0.29) is 5.91 Å². The molecule has 1 saturated heterocycles. The van der Waals surface area contributed by atoms with Crippen molar-refractivity contribution in [2.45, 2.75) is 6.92 Å². The van der Waals surface area contributed by atoms with Crippen LogP contribution in [0.5, 0.6) is 5.75 Å². The van der Waals surface area contributed by atoms with Gasteiger partial charge in [0.2, 0.25) is 0 Å². The lowest BCUT2D eigenvalue weighted by atomic mass is 10.1. The number of likely N-dealkylation sites (N-methyl/N-ethyl adjacent to an activating group) is 1. The van der Waals surface area contributed by atoms with E-state index in [2.05, 4.69) is 11.8 Å². The third-order valence-corrected chi connectivity index (χ3v) is 3.59. The number of carbonyl (C=O) groups is 1. The smallest absolute Gasteiger partial charge is 0.257 e. The number of rotatable bonds is 3. The Morgan fingerprint density at radius 3 is 2.58 bits per heavy atom. The zero-order chi connectivity index (χ0) is 13.8. The Balaban J connectivity index is 2.14. The molecule has 1 aliphatic rings. The number of piperazine rings is 1. The first-order valence-corrected chi connectivity index (χ1v) is 6.61. The molecule has 1 heterocycles. The number of para-hydroxylation sites is 1. The maximum absolute atomic E-state index is 12.5. The lowest BCUT2D eigenvalue weighted by molar-refractivity contribution is 0.0640. The number of nitrogens with zero attached hydrogens (tertiary/aromatic N) is 2. The molecule has 1 amide bonds. The Bertz CT molecular complexity index is 454. The van der Waals surface area contributed by atoms with Gasteiger partial charge >= 0.3 is 0 Å². The maximum atomic E-state index is 12.5. The molecule has 1 fully saturated rings. The van der Waals surface area contributed by atoms with Crippen LogP contribution in [0.3, 0.4) is 0 Å². The molecule has 0 aliphatic carbocycles. The topological polar surface area (TPSA) is 58.8 Å². The number of amides is 1. The summed E-state index contributed by atoms with van der Waals surface area (Å²) in [7, 11) is 1.54. The number of ether oxygens (including phenoxy) is 1. The van der Waals surface area contributed by atoms with Crippen LogP contribution in [0.2, 0.25) is 0 Å². The molecular weight excluding hydrogens is 242 g/mol. The van der Waals surface area contributed by atoms with Crippen molar-refractivity contribution in [1.82, 2.24) is 9.80 Å². The van der Waals surface area contributed by atoms with Crippen LogP contribution in [0.15, 0.2) is 18.2 Å². The molecule has 0 spiro atoms. The van der Waals surface area contributed by atoms with E-state index in [4.69, 9.17) is 10.5 Å². The van der Waals surface area contributed by atoms with Crippen molar-refractivity contribution in [3.8, 4) is 5.75 Å². The molecule has 1 aromatic carbocycles. The van der Waals surface area contributed by atoms with Gasteiger partial charge in [0.1, 0.15) is 0 Å². The zero-order valence-electron chi connectivity index (χ0n) is 11.6. The van der Waals surface area contributed by atoms with Crippen LogP contribution in [-0.4, -0.2) is 55.5 Å². The predicted molar refractivity (Wildman–Crippen MR) is 75.4 cm³/mol. The molecule has 5 nitrogen and oxygen atoms in total. The van der Waals surface area contributed by atoms with E-state index >= 15 is 0 Å². The minimum atomic E-state index is -0.0000898. The Kier molecular flexibility index (Phi) is 4.27. The van der Waals surface area contributed by atoms with E-state index in [0.29, 0.717) is 17.0 Å².